The highest BCUT2D eigenvalue weighted by molar-refractivity contribution is 5.69. The van der Waals surface area contributed by atoms with E-state index in [1.807, 2.05) is 0 Å². The number of hydrogen-bond donors (Lipinski definition) is 0. The van der Waals surface area contributed by atoms with Crippen LogP contribution in [0.4, 0.5) is 0 Å². The molecule has 268 valence electrons. The Morgan fingerprint density at radius 2 is 0.489 bits per heavy atom. The third-order valence-electron chi connectivity index (χ3n) is 9.28. The van der Waals surface area contributed by atoms with Crippen LogP contribution >= 0.6 is 0 Å². The van der Waals surface area contributed by atoms with E-state index in [1.165, 1.54) is 167 Å². The Balaban J connectivity index is 3.24. The topological polar surface area (TPSA) is 52.6 Å². The molecule has 0 fully saturated rings. The number of carbonyl (C=O) groups is 2. The van der Waals surface area contributed by atoms with Crippen molar-refractivity contribution in [1.82, 2.24) is 0 Å². The van der Waals surface area contributed by atoms with E-state index in [0.29, 0.717) is 26.1 Å². The lowest BCUT2D eigenvalue weighted by molar-refractivity contribution is -0.144. The molecular weight excluding hydrogens is 556 g/mol. The van der Waals surface area contributed by atoms with Crippen molar-refractivity contribution in [3.8, 4) is 0 Å². The van der Waals surface area contributed by atoms with Gasteiger partial charge in [0, 0.05) is 12.8 Å². The largest absolute Gasteiger partial charge is 0.466 e. The summed E-state index contributed by atoms with van der Waals surface area (Å²) in [4.78, 5) is 23.9. The predicted octanol–water partition coefficient (Wildman–Crippen LogP) is 13.8. The fourth-order valence-electron chi connectivity index (χ4n) is 6.18. The molecule has 45 heavy (non-hydrogen) atoms. The van der Waals surface area contributed by atoms with Gasteiger partial charge in [-0.25, -0.2) is 0 Å². The predicted molar refractivity (Wildman–Crippen MR) is 195 cm³/mol. The SMILES string of the molecule is CCCCCCCCCCCCCCCCCC(=O)OCCCCCOC(=O)CCCCCCCCCCCCCCCCC. The van der Waals surface area contributed by atoms with Crippen LogP contribution in [0.5, 0.6) is 0 Å². The Hall–Kier alpha value is -1.06. The number of unbranched alkanes of at least 4 members (excludes halogenated alkanes) is 30. The van der Waals surface area contributed by atoms with Gasteiger partial charge in [-0.15, -0.1) is 0 Å². The first-order valence-electron chi connectivity index (χ1n) is 20.5. The summed E-state index contributed by atoms with van der Waals surface area (Å²) >= 11 is 0. The van der Waals surface area contributed by atoms with Crippen LogP contribution in [0, 0.1) is 0 Å². The van der Waals surface area contributed by atoms with E-state index in [0.717, 1.165) is 44.9 Å². The summed E-state index contributed by atoms with van der Waals surface area (Å²) in [6.07, 6.45) is 43.8. The van der Waals surface area contributed by atoms with E-state index in [9.17, 15) is 9.59 Å². The maximum absolute atomic E-state index is 11.9. The van der Waals surface area contributed by atoms with Crippen LogP contribution in [0.1, 0.15) is 239 Å². The molecule has 0 spiro atoms. The smallest absolute Gasteiger partial charge is 0.305 e. The maximum Gasteiger partial charge on any atom is 0.305 e. The molecule has 0 amide bonds. The first-order chi connectivity index (χ1) is 22.2. The standard InChI is InChI=1S/C41H80O4/c1-3-5-7-9-11-13-15-17-19-21-23-25-27-29-32-36-40(42)44-38-34-31-35-39-45-41(43)37-33-30-28-26-24-22-20-18-16-14-12-10-8-6-4-2/h3-39H2,1-2H3. The van der Waals surface area contributed by atoms with Crippen molar-refractivity contribution in [2.24, 2.45) is 0 Å². The van der Waals surface area contributed by atoms with Crippen LogP contribution in [0.3, 0.4) is 0 Å². The molecule has 0 atom stereocenters. The van der Waals surface area contributed by atoms with E-state index in [2.05, 4.69) is 13.8 Å². The van der Waals surface area contributed by atoms with Crippen molar-refractivity contribution in [3.63, 3.8) is 0 Å². The van der Waals surface area contributed by atoms with E-state index < -0.39 is 0 Å². The number of esters is 2. The lowest BCUT2D eigenvalue weighted by atomic mass is 10.0. The van der Waals surface area contributed by atoms with Crippen molar-refractivity contribution in [1.29, 1.82) is 0 Å². The molecule has 0 N–H and O–H groups in total. The highest BCUT2D eigenvalue weighted by atomic mass is 16.5. The van der Waals surface area contributed by atoms with E-state index in [1.54, 1.807) is 0 Å². The van der Waals surface area contributed by atoms with Gasteiger partial charge in [-0.3, -0.25) is 9.59 Å². The molecule has 0 radical (unpaired) electrons. The van der Waals surface area contributed by atoms with Gasteiger partial charge < -0.3 is 9.47 Å². The molecule has 0 unspecified atom stereocenters. The fourth-order valence-corrected chi connectivity index (χ4v) is 6.18. The van der Waals surface area contributed by atoms with Crippen LogP contribution in [0.2, 0.25) is 0 Å². The summed E-state index contributed by atoms with van der Waals surface area (Å²) in [5.41, 5.74) is 0. The van der Waals surface area contributed by atoms with Gasteiger partial charge in [0.25, 0.3) is 0 Å². The van der Waals surface area contributed by atoms with Crippen LogP contribution < -0.4 is 0 Å². The molecule has 0 saturated heterocycles. The number of rotatable bonds is 38. The van der Waals surface area contributed by atoms with Crippen molar-refractivity contribution in [3.05, 3.63) is 0 Å². The minimum Gasteiger partial charge on any atom is -0.466 e. The second-order valence-corrected chi connectivity index (χ2v) is 13.9. The molecule has 0 rings (SSSR count). The second-order valence-electron chi connectivity index (χ2n) is 13.9. The third kappa shape index (κ3) is 39.0. The van der Waals surface area contributed by atoms with Crippen molar-refractivity contribution in [2.45, 2.75) is 239 Å². The summed E-state index contributed by atoms with van der Waals surface area (Å²) in [6, 6.07) is 0. The van der Waals surface area contributed by atoms with E-state index in [-0.39, 0.29) is 11.9 Å². The van der Waals surface area contributed by atoms with E-state index in [4.69, 9.17) is 9.47 Å². The zero-order valence-corrected chi connectivity index (χ0v) is 30.8. The first kappa shape index (κ1) is 43.9. The molecule has 0 heterocycles. The van der Waals surface area contributed by atoms with Gasteiger partial charge in [-0.1, -0.05) is 194 Å². The molecule has 0 aliphatic rings. The summed E-state index contributed by atoms with van der Waals surface area (Å²) in [5.74, 6) is -0.112. The number of ether oxygens (including phenoxy) is 2. The molecule has 0 bridgehead atoms. The van der Waals surface area contributed by atoms with Gasteiger partial charge in [0.15, 0.2) is 0 Å². The molecule has 4 nitrogen and oxygen atoms in total. The van der Waals surface area contributed by atoms with Crippen molar-refractivity contribution in [2.75, 3.05) is 13.2 Å². The Labute approximate surface area is 282 Å². The van der Waals surface area contributed by atoms with Gasteiger partial charge in [-0.05, 0) is 32.1 Å². The van der Waals surface area contributed by atoms with Crippen LogP contribution in [-0.4, -0.2) is 25.2 Å². The highest BCUT2D eigenvalue weighted by Crippen LogP contribution is 2.15. The monoisotopic (exact) mass is 637 g/mol. The van der Waals surface area contributed by atoms with E-state index >= 15 is 0 Å². The second kappa shape index (κ2) is 39.1. The Bertz CT molecular complexity index is 540. The Morgan fingerprint density at radius 1 is 0.289 bits per heavy atom. The first-order valence-corrected chi connectivity index (χ1v) is 20.5. The van der Waals surface area contributed by atoms with Gasteiger partial charge in [0.1, 0.15) is 0 Å². The highest BCUT2D eigenvalue weighted by Gasteiger charge is 2.05. The van der Waals surface area contributed by atoms with Crippen molar-refractivity contribution >= 4 is 11.9 Å². The number of hydrogen-bond acceptors (Lipinski definition) is 4. The molecule has 4 heteroatoms. The third-order valence-corrected chi connectivity index (χ3v) is 9.28. The molecule has 0 saturated carbocycles. The molecule has 0 aromatic heterocycles. The van der Waals surface area contributed by atoms with Gasteiger partial charge >= 0.3 is 11.9 Å². The molecule has 0 aliphatic heterocycles. The molecule has 0 aromatic carbocycles. The van der Waals surface area contributed by atoms with Gasteiger partial charge in [0.05, 0.1) is 13.2 Å². The summed E-state index contributed by atoms with van der Waals surface area (Å²) < 4.78 is 10.8. The average Bonchev–Trinajstić information content (AvgIpc) is 3.04. The van der Waals surface area contributed by atoms with Gasteiger partial charge in [-0.2, -0.15) is 0 Å². The summed E-state index contributed by atoms with van der Waals surface area (Å²) in [5, 5.41) is 0. The normalized spacial score (nSPS) is 11.2. The fraction of sp³-hybridized carbons (Fsp3) is 0.951. The van der Waals surface area contributed by atoms with Crippen molar-refractivity contribution < 1.29 is 19.1 Å². The van der Waals surface area contributed by atoms with Crippen LogP contribution in [-0.2, 0) is 19.1 Å². The number of carbonyl (C=O) groups excluding carboxylic acids is 2. The summed E-state index contributed by atoms with van der Waals surface area (Å²) in [7, 11) is 0. The zero-order chi connectivity index (χ0) is 32.7. The Morgan fingerprint density at radius 3 is 0.733 bits per heavy atom. The minimum atomic E-state index is -0.0559. The Kier molecular flexibility index (Phi) is 38.2. The van der Waals surface area contributed by atoms with Crippen LogP contribution in [0.15, 0.2) is 0 Å². The lowest BCUT2D eigenvalue weighted by Gasteiger charge is -2.07. The maximum atomic E-state index is 11.9. The molecule has 0 aromatic rings. The average molecular weight is 637 g/mol. The van der Waals surface area contributed by atoms with Gasteiger partial charge in [0.2, 0.25) is 0 Å². The quantitative estimate of drug-likeness (QED) is 0.0500. The molecular formula is C41H80O4. The summed E-state index contributed by atoms with van der Waals surface area (Å²) in [6.45, 7) is 5.54. The minimum absolute atomic E-state index is 0.0559. The zero-order valence-electron chi connectivity index (χ0n) is 30.8. The van der Waals surface area contributed by atoms with Crippen LogP contribution in [0.25, 0.3) is 0 Å². The molecule has 0 aliphatic carbocycles. The lowest BCUT2D eigenvalue weighted by Crippen LogP contribution is -2.07.